The van der Waals surface area contributed by atoms with Crippen LogP contribution >= 0.6 is 0 Å². The molecule has 15 heavy (non-hydrogen) atoms. The number of aliphatic hydroxyl groups excluding tert-OH is 2. The first-order chi connectivity index (χ1) is 7.13. The fourth-order valence-electron chi connectivity index (χ4n) is 1.16. The van der Waals surface area contributed by atoms with Crippen molar-refractivity contribution in [1.29, 1.82) is 0 Å². The van der Waals surface area contributed by atoms with Gasteiger partial charge in [0.2, 0.25) is 0 Å². The van der Waals surface area contributed by atoms with Crippen LogP contribution in [0, 0.1) is 5.92 Å². The molecule has 0 radical (unpaired) electrons. The minimum Gasteiger partial charge on any atom is -0.493 e. The number of aliphatic hydroxyl groups is 2. The topological polar surface area (TPSA) is 49.7 Å². The van der Waals surface area contributed by atoms with Gasteiger partial charge in [-0.15, -0.1) is 0 Å². The Hall–Kier alpha value is -1.06. The Morgan fingerprint density at radius 3 is 2.67 bits per heavy atom. The van der Waals surface area contributed by atoms with Crippen LogP contribution in [-0.2, 0) is 0 Å². The summed E-state index contributed by atoms with van der Waals surface area (Å²) in [7, 11) is 0. The third-order valence-electron chi connectivity index (χ3n) is 2.19. The quantitative estimate of drug-likeness (QED) is 0.778. The third kappa shape index (κ3) is 3.90. The van der Waals surface area contributed by atoms with Crippen LogP contribution in [0.15, 0.2) is 24.3 Å². The Bertz CT molecular complexity index is 297. The molecule has 1 unspecified atom stereocenters. The number of rotatable bonds is 5. The van der Waals surface area contributed by atoms with E-state index in [1.165, 1.54) is 0 Å². The molecule has 0 aliphatic heterocycles. The smallest absolute Gasteiger partial charge is 0.119 e. The number of ether oxygens (including phenoxy) is 1. The Morgan fingerprint density at radius 2 is 2.07 bits per heavy atom. The summed E-state index contributed by atoms with van der Waals surface area (Å²) in [6.07, 6.45) is -0.483. The van der Waals surface area contributed by atoms with Crippen molar-refractivity contribution in [2.75, 3.05) is 13.2 Å². The van der Waals surface area contributed by atoms with Gasteiger partial charge in [0, 0.05) is 12.5 Å². The highest BCUT2D eigenvalue weighted by Crippen LogP contribution is 2.19. The van der Waals surface area contributed by atoms with Crippen LogP contribution in [0.1, 0.15) is 25.5 Å². The number of benzene rings is 1. The van der Waals surface area contributed by atoms with Crippen molar-refractivity contribution >= 4 is 0 Å². The van der Waals surface area contributed by atoms with Crippen LogP contribution in [-0.4, -0.2) is 23.4 Å². The average molecular weight is 210 g/mol. The lowest BCUT2D eigenvalue weighted by Gasteiger charge is -2.12. The SMILES string of the molecule is CC(CO)COc1cccc([C@@H](C)O)c1. The van der Waals surface area contributed by atoms with Crippen molar-refractivity contribution in [3.8, 4) is 5.75 Å². The monoisotopic (exact) mass is 210 g/mol. The molecule has 0 spiro atoms. The molecule has 0 aliphatic rings. The summed E-state index contributed by atoms with van der Waals surface area (Å²) < 4.78 is 5.48. The maximum Gasteiger partial charge on any atom is 0.119 e. The summed E-state index contributed by atoms with van der Waals surface area (Å²) in [4.78, 5) is 0. The van der Waals surface area contributed by atoms with Crippen molar-refractivity contribution in [1.82, 2.24) is 0 Å². The summed E-state index contributed by atoms with van der Waals surface area (Å²) in [5, 5.41) is 18.2. The molecular formula is C12H18O3. The first kappa shape index (κ1) is 12.0. The lowest BCUT2D eigenvalue weighted by molar-refractivity contribution is 0.173. The zero-order valence-corrected chi connectivity index (χ0v) is 9.18. The molecule has 3 nitrogen and oxygen atoms in total. The second-order valence-electron chi connectivity index (χ2n) is 3.85. The van der Waals surface area contributed by atoms with Gasteiger partial charge in [-0.1, -0.05) is 19.1 Å². The average Bonchev–Trinajstić information content (AvgIpc) is 2.26. The Labute approximate surface area is 90.3 Å². The van der Waals surface area contributed by atoms with Crippen molar-refractivity contribution in [2.45, 2.75) is 20.0 Å². The Balaban J connectivity index is 2.58. The van der Waals surface area contributed by atoms with Gasteiger partial charge < -0.3 is 14.9 Å². The summed E-state index contributed by atoms with van der Waals surface area (Å²) >= 11 is 0. The van der Waals surface area contributed by atoms with Gasteiger partial charge in [-0.2, -0.15) is 0 Å². The molecule has 1 aromatic rings. The van der Waals surface area contributed by atoms with E-state index in [1.54, 1.807) is 6.92 Å². The normalized spacial score (nSPS) is 14.7. The predicted molar refractivity (Wildman–Crippen MR) is 58.8 cm³/mol. The molecule has 0 aromatic heterocycles. The highest BCUT2D eigenvalue weighted by molar-refractivity contribution is 5.29. The molecule has 0 amide bonds. The van der Waals surface area contributed by atoms with Crippen molar-refractivity contribution in [3.63, 3.8) is 0 Å². The molecular weight excluding hydrogens is 192 g/mol. The fourth-order valence-corrected chi connectivity index (χ4v) is 1.16. The van der Waals surface area contributed by atoms with Crippen LogP contribution in [0.3, 0.4) is 0 Å². The first-order valence-electron chi connectivity index (χ1n) is 5.15. The van der Waals surface area contributed by atoms with Crippen LogP contribution < -0.4 is 4.74 Å². The van der Waals surface area contributed by atoms with E-state index >= 15 is 0 Å². The highest BCUT2D eigenvalue weighted by Gasteiger charge is 2.04. The van der Waals surface area contributed by atoms with Crippen LogP contribution in [0.2, 0.25) is 0 Å². The molecule has 0 heterocycles. The van der Waals surface area contributed by atoms with Crippen LogP contribution in [0.5, 0.6) is 5.75 Å². The molecule has 0 fully saturated rings. The summed E-state index contributed by atoms with van der Waals surface area (Å²) in [5.74, 6) is 0.855. The molecule has 0 saturated heterocycles. The minimum absolute atomic E-state index is 0.121. The standard InChI is InChI=1S/C12H18O3/c1-9(7-13)8-15-12-5-3-4-11(6-12)10(2)14/h3-6,9-10,13-14H,7-8H2,1-2H3/t9?,10-/m1/s1. The van der Waals surface area contributed by atoms with E-state index in [1.807, 2.05) is 31.2 Å². The first-order valence-corrected chi connectivity index (χ1v) is 5.15. The van der Waals surface area contributed by atoms with Gasteiger partial charge >= 0.3 is 0 Å². The summed E-state index contributed by atoms with van der Waals surface area (Å²) in [6, 6.07) is 7.36. The van der Waals surface area contributed by atoms with Crippen molar-refractivity contribution < 1.29 is 14.9 Å². The second kappa shape index (κ2) is 5.73. The van der Waals surface area contributed by atoms with Gasteiger partial charge in [0.1, 0.15) is 5.75 Å². The lowest BCUT2D eigenvalue weighted by atomic mass is 10.1. The van der Waals surface area contributed by atoms with E-state index in [9.17, 15) is 5.11 Å². The predicted octanol–water partition coefficient (Wildman–Crippen LogP) is 1.75. The molecule has 2 N–H and O–H groups in total. The van der Waals surface area contributed by atoms with Crippen molar-refractivity contribution in [3.05, 3.63) is 29.8 Å². The van der Waals surface area contributed by atoms with Gasteiger partial charge in [0.25, 0.3) is 0 Å². The maximum absolute atomic E-state index is 9.38. The maximum atomic E-state index is 9.38. The van der Waals surface area contributed by atoms with E-state index in [4.69, 9.17) is 9.84 Å². The zero-order valence-electron chi connectivity index (χ0n) is 9.18. The van der Waals surface area contributed by atoms with E-state index in [0.29, 0.717) is 6.61 Å². The zero-order chi connectivity index (χ0) is 11.3. The molecule has 2 atom stereocenters. The molecule has 0 saturated carbocycles. The van der Waals surface area contributed by atoms with E-state index < -0.39 is 6.10 Å². The minimum atomic E-state index is -0.483. The molecule has 1 rings (SSSR count). The van der Waals surface area contributed by atoms with Gasteiger partial charge in [-0.25, -0.2) is 0 Å². The van der Waals surface area contributed by atoms with Crippen LogP contribution in [0.25, 0.3) is 0 Å². The summed E-state index contributed by atoms with van der Waals surface area (Å²) in [6.45, 7) is 4.24. The van der Waals surface area contributed by atoms with E-state index in [2.05, 4.69) is 0 Å². The summed E-state index contributed by atoms with van der Waals surface area (Å²) in [5.41, 5.74) is 0.837. The van der Waals surface area contributed by atoms with Crippen molar-refractivity contribution in [2.24, 2.45) is 5.92 Å². The molecule has 3 heteroatoms. The fraction of sp³-hybridized carbons (Fsp3) is 0.500. The second-order valence-corrected chi connectivity index (χ2v) is 3.85. The van der Waals surface area contributed by atoms with Gasteiger partial charge in [0.15, 0.2) is 0 Å². The van der Waals surface area contributed by atoms with E-state index in [0.717, 1.165) is 11.3 Å². The Kier molecular flexibility index (Phi) is 4.59. The van der Waals surface area contributed by atoms with Gasteiger partial charge in [-0.3, -0.25) is 0 Å². The van der Waals surface area contributed by atoms with E-state index in [-0.39, 0.29) is 12.5 Å². The van der Waals surface area contributed by atoms with Crippen LogP contribution in [0.4, 0.5) is 0 Å². The molecule has 0 aliphatic carbocycles. The third-order valence-corrected chi connectivity index (χ3v) is 2.19. The molecule has 1 aromatic carbocycles. The Morgan fingerprint density at radius 1 is 1.33 bits per heavy atom. The number of hydrogen-bond donors (Lipinski definition) is 2. The molecule has 84 valence electrons. The van der Waals surface area contributed by atoms with Gasteiger partial charge in [-0.05, 0) is 24.6 Å². The largest absolute Gasteiger partial charge is 0.493 e. The molecule has 0 bridgehead atoms. The lowest BCUT2D eigenvalue weighted by Crippen LogP contribution is -2.12. The number of hydrogen-bond acceptors (Lipinski definition) is 3. The highest BCUT2D eigenvalue weighted by atomic mass is 16.5. The van der Waals surface area contributed by atoms with Gasteiger partial charge in [0.05, 0.1) is 12.7 Å².